The highest BCUT2D eigenvalue weighted by molar-refractivity contribution is 7.90. The lowest BCUT2D eigenvalue weighted by atomic mass is 9.47. The van der Waals surface area contributed by atoms with Crippen LogP contribution in [0.4, 0.5) is 5.69 Å². The maximum atomic E-state index is 15.3. The summed E-state index contributed by atoms with van der Waals surface area (Å²) in [4.78, 5) is 65.4. The van der Waals surface area contributed by atoms with Crippen LogP contribution in [-0.4, -0.2) is 161 Å². The minimum absolute atomic E-state index is 0.0986. The average molecular weight is 1130 g/mol. The molecule has 3 N–H and O–H groups in total. The standard InChI is InChI=1S/C46H58N4O9.C17H14O4S/c1-8-42(54)23-28-24-45(40(52)57-6,36-30(15-19-49(25-28)26-42)29-13-10-11-14-33(29)47-36)32-21-31-34(22-35(32)56-5)48(4)38-44(31)17-20-50-18-12-16-43(9-2,37(44)50)39(59-27(3)51)46(38,55)41(53)58-7;1-22(19,20)14-9-7-12(8-10-14)15-11-21-17(18)16(15)13-5-3-2-4-6-13/h10-14,16,21-22,28,37-39,47,54-55H,8-9,15,17-20,23-26H2,1-7H3;2-10H,11H2,1H3/t28-,37-,38+,39+,42-,43+,44+,45-,46-;/m0./s1. The van der Waals surface area contributed by atoms with Crippen LogP contribution in [0.25, 0.3) is 22.0 Å². The minimum Gasteiger partial charge on any atom is -0.496 e. The van der Waals surface area contributed by atoms with Crippen LogP contribution in [0.15, 0.2) is 108 Å². The summed E-state index contributed by atoms with van der Waals surface area (Å²) in [7, 11) is 2.92. The van der Waals surface area contributed by atoms with Crippen LogP contribution in [0.2, 0.25) is 0 Å². The lowest BCUT2D eigenvalue weighted by Crippen LogP contribution is -2.81. The first-order valence-electron chi connectivity index (χ1n) is 27.9. The summed E-state index contributed by atoms with van der Waals surface area (Å²) in [5, 5.41) is 26.3. The van der Waals surface area contributed by atoms with E-state index in [0.717, 1.165) is 50.1 Å². The highest BCUT2D eigenvalue weighted by Crippen LogP contribution is 2.68. The number of methoxy groups -OCH3 is 3. The molecule has 17 nitrogen and oxygen atoms in total. The Bertz CT molecular complexity index is 3530. The zero-order valence-electron chi connectivity index (χ0n) is 47.2. The fourth-order valence-corrected chi connectivity index (χ4v) is 16.6. The molecule has 0 amide bonds. The van der Waals surface area contributed by atoms with Crippen molar-refractivity contribution in [3.8, 4) is 5.75 Å². The van der Waals surface area contributed by atoms with Crippen LogP contribution >= 0.6 is 0 Å². The SMILES string of the molecule is CC[C@]1(O)C[C@@H]2C[N@@](CCc3c([nH]c4ccccc34)[C@@](C(=O)OC)(c3cc4c(cc3OC)N(C)[C@H]3[C@@](O)(C(=O)OC)[C@H](OC(C)=O)[C@]5(CC)C=CCN6CC[C@]43[C@@H]65)C2)C1.CS(=O)(=O)c1ccc(C2=C(c3ccccc3)C(=O)OC2)cc1. The predicted octanol–water partition coefficient (Wildman–Crippen LogP) is 6.55. The largest absolute Gasteiger partial charge is 0.496 e. The third-order valence-electron chi connectivity index (χ3n) is 19.1. The van der Waals surface area contributed by atoms with E-state index in [0.29, 0.717) is 88.1 Å². The van der Waals surface area contributed by atoms with Crippen molar-refractivity contribution in [2.45, 2.75) is 104 Å². The molecule has 81 heavy (non-hydrogen) atoms. The molecule has 5 aromatic rings. The zero-order chi connectivity index (χ0) is 57.6. The van der Waals surface area contributed by atoms with Gasteiger partial charge in [-0.2, -0.15) is 0 Å². The van der Waals surface area contributed by atoms with Crippen molar-refractivity contribution < 1.29 is 61.5 Å². The van der Waals surface area contributed by atoms with Gasteiger partial charge in [0.1, 0.15) is 17.8 Å². The number of ether oxygens (including phenoxy) is 5. The summed E-state index contributed by atoms with van der Waals surface area (Å²) in [6.07, 6.45) is 7.11. The van der Waals surface area contributed by atoms with Crippen LogP contribution in [0.3, 0.4) is 0 Å². The quantitative estimate of drug-likeness (QED) is 0.0768. The zero-order valence-corrected chi connectivity index (χ0v) is 48.1. The van der Waals surface area contributed by atoms with Crippen molar-refractivity contribution in [1.29, 1.82) is 0 Å². The fraction of sp³-hybridized carbons (Fsp3) is 0.460. The number of esters is 4. The minimum atomic E-state index is -3.23. The van der Waals surface area contributed by atoms with Crippen LogP contribution in [0.1, 0.15) is 86.4 Å². The Kier molecular flexibility index (Phi) is 14.2. The first-order chi connectivity index (χ1) is 38.7. The van der Waals surface area contributed by atoms with E-state index in [2.05, 4.69) is 39.1 Å². The number of anilines is 1. The van der Waals surface area contributed by atoms with E-state index in [1.54, 1.807) is 31.4 Å². The van der Waals surface area contributed by atoms with E-state index < -0.39 is 67.3 Å². The highest BCUT2D eigenvalue weighted by atomic mass is 32.2. The molecular weight excluding hydrogens is 1050 g/mol. The van der Waals surface area contributed by atoms with Crippen LogP contribution in [0, 0.1) is 11.3 Å². The number of nitrogens with one attached hydrogen (secondary N) is 1. The molecular formula is C63H72N4O13S. The third kappa shape index (κ3) is 8.55. The predicted molar refractivity (Wildman–Crippen MR) is 304 cm³/mol. The topological polar surface area (TPSA) is 215 Å². The van der Waals surface area contributed by atoms with E-state index in [1.165, 1.54) is 27.4 Å². The number of rotatable bonds is 10. The molecule has 4 aromatic carbocycles. The molecule has 2 saturated heterocycles. The van der Waals surface area contributed by atoms with Gasteiger partial charge in [-0.3, -0.25) is 19.4 Å². The molecule has 428 valence electrons. The lowest BCUT2D eigenvalue weighted by Gasteiger charge is -2.63. The van der Waals surface area contributed by atoms with Gasteiger partial charge in [-0.1, -0.05) is 86.7 Å². The molecule has 1 aliphatic carbocycles. The molecule has 1 spiro atoms. The monoisotopic (exact) mass is 1120 g/mol. The summed E-state index contributed by atoms with van der Waals surface area (Å²) >= 11 is 0. The number of fused-ring (bicyclic) bond motifs is 6. The van der Waals surface area contributed by atoms with Crippen molar-refractivity contribution >= 4 is 61.5 Å². The summed E-state index contributed by atoms with van der Waals surface area (Å²) in [5.41, 5.74) is 1.27. The van der Waals surface area contributed by atoms with Gasteiger partial charge in [0.15, 0.2) is 15.9 Å². The van der Waals surface area contributed by atoms with Gasteiger partial charge < -0.3 is 43.8 Å². The Morgan fingerprint density at radius 1 is 0.852 bits per heavy atom. The van der Waals surface area contributed by atoms with E-state index in [-0.39, 0.29) is 29.4 Å². The van der Waals surface area contributed by atoms with E-state index >= 15 is 4.79 Å². The van der Waals surface area contributed by atoms with Gasteiger partial charge in [0, 0.05) is 103 Å². The maximum Gasteiger partial charge on any atom is 0.344 e. The second-order valence-corrected chi connectivity index (χ2v) is 25.3. The van der Waals surface area contributed by atoms with Gasteiger partial charge in [0.2, 0.25) is 5.60 Å². The number of sulfone groups is 1. The number of carbonyl (C=O) groups excluding carboxylic acids is 4. The molecule has 12 rings (SSSR count). The fourth-order valence-electron chi connectivity index (χ4n) is 15.9. The van der Waals surface area contributed by atoms with Gasteiger partial charge in [-0.25, -0.2) is 18.0 Å². The number of H-pyrrole nitrogens is 1. The Morgan fingerprint density at radius 3 is 2.23 bits per heavy atom. The molecule has 7 aliphatic rings. The molecule has 0 radical (unpaired) electrons. The molecule has 3 fully saturated rings. The van der Waals surface area contributed by atoms with Gasteiger partial charge in [0.05, 0.1) is 43.4 Å². The molecule has 6 aliphatic heterocycles. The molecule has 1 aromatic heterocycles. The van der Waals surface area contributed by atoms with E-state index in [9.17, 15) is 33.0 Å². The van der Waals surface area contributed by atoms with E-state index in [1.807, 2.05) is 80.4 Å². The summed E-state index contributed by atoms with van der Waals surface area (Å²) in [6, 6.07) is 26.8. The number of carbonyl (C=O) groups is 4. The number of hydrogen-bond donors (Lipinski definition) is 3. The number of para-hydroxylation sites is 1. The summed E-state index contributed by atoms with van der Waals surface area (Å²) < 4.78 is 52.1. The Balaban J connectivity index is 0.000000262. The second-order valence-electron chi connectivity index (χ2n) is 23.3. The summed E-state index contributed by atoms with van der Waals surface area (Å²) in [6.45, 7) is 8.82. The van der Waals surface area contributed by atoms with Crippen LogP contribution in [-0.2, 0) is 65.2 Å². The Hall–Kier alpha value is -6.83. The number of aliphatic hydroxyl groups is 2. The lowest BCUT2D eigenvalue weighted by molar-refractivity contribution is -0.228. The highest BCUT2D eigenvalue weighted by Gasteiger charge is 2.80. The number of piperidine rings is 1. The average Bonchev–Trinajstić information content (AvgIpc) is 1.63. The van der Waals surface area contributed by atoms with Crippen molar-refractivity contribution in [1.82, 2.24) is 14.8 Å². The van der Waals surface area contributed by atoms with Crippen molar-refractivity contribution in [3.05, 3.63) is 137 Å². The van der Waals surface area contributed by atoms with Gasteiger partial charge >= 0.3 is 23.9 Å². The summed E-state index contributed by atoms with van der Waals surface area (Å²) in [5.74, 6) is -1.92. The second kappa shape index (κ2) is 20.6. The van der Waals surface area contributed by atoms with Crippen molar-refractivity contribution in [2.24, 2.45) is 11.3 Å². The van der Waals surface area contributed by atoms with Crippen molar-refractivity contribution in [3.63, 3.8) is 0 Å². The molecule has 0 unspecified atom stereocenters. The third-order valence-corrected chi connectivity index (χ3v) is 20.3. The van der Waals surface area contributed by atoms with Gasteiger partial charge in [0.25, 0.3) is 0 Å². The smallest absolute Gasteiger partial charge is 0.344 e. The molecule has 10 atom stereocenters. The number of cyclic esters (lactones) is 1. The molecule has 7 heterocycles. The number of aromatic nitrogens is 1. The Labute approximate surface area is 472 Å². The van der Waals surface area contributed by atoms with Gasteiger partial charge in [-0.05, 0) is 97.5 Å². The number of likely N-dealkylation sites (N-methyl/N-ethyl adjacent to an activating group) is 1. The number of aromatic amines is 1. The molecule has 2 bridgehead atoms. The molecule has 18 heteroatoms. The number of benzene rings is 4. The van der Waals surface area contributed by atoms with E-state index in [4.69, 9.17) is 23.7 Å². The normalized spacial score (nSPS) is 31.0. The van der Waals surface area contributed by atoms with Crippen LogP contribution in [0.5, 0.6) is 5.75 Å². The Morgan fingerprint density at radius 2 is 1.57 bits per heavy atom. The first kappa shape index (κ1) is 56.1. The molecule has 1 saturated carbocycles. The number of nitrogens with zero attached hydrogens (tertiary/aromatic N) is 3. The first-order valence-corrected chi connectivity index (χ1v) is 29.8. The number of hydrogen-bond acceptors (Lipinski definition) is 16. The van der Waals surface area contributed by atoms with Crippen LogP contribution < -0.4 is 9.64 Å². The maximum absolute atomic E-state index is 15.3. The van der Waals surface area contributed by atoms with Crippen molar-refractivity contribution in [2.75, 3.05) is 78.9 Å². The van der Waals surface area contributed by atoms with Gasteiger partial charge in [-0.15, -0.1) is 0 Å².